The number of alkyl halides is 1. The van der Waals surface area contributed by atoms with Crippen molar-refractivity contribution in [3.05, 3.63) is 102 Å². The van der Waals surface area contributed by atoms with Gasteiger partial charge in [-0.05, 0) is 30.2 Å². The summed E-state index contributed by atoms with van der Waals surface area (Å²) in [5, 5.41) is 0. The lowest BCUT2D eigenvalue weighted by Gasteiger charge is -2.37. The third kappa shape index (κ3) is 3.60. The second-order valence-electron chi connectivity index (χ2n) is 10.6. The van der Waals surface area contributed by atoms with Gasteiger partial charge in [0.1, 0.15) is 0 Å². The quantitative estimate of drug-likeness (QED) is 0.192. The topological polar surface area (TPSA) is 38.7 Å². The zero-order chi connectivity index (χ0) is 24.8. The van der Waals surface area contributed by atoms with Crippen LogP contribution >= 0.6 is 15.9 Å². The monoisotopic (exact) mass is 529 g/mol. The molecule has 2 fully saturated rings. The van der Waals surface area contributed by atoms with Crippen molar-refractivity contribution >= 4 is 33.3 Å². The average Bonchev–Trinajstić information content (AvgIpc) is 3.17. The van der Waals surface area contributed by atoms with E-state index >= 15 is 0 Å². The highest BCUT2D eigenvalue weighted by molar-refractivity contribution is 9.10. The summed E-state index contributed by atoms with van der Waals surface area (Å²) < 4.78 is 6.34. The van der Waals surface area contributed by atoms with Crippen LogP contribution in [0.5, 0.6) is 0 Å². The van der Waals surface area contributed by atoms with Gasteiger partial charge in [-0.3, -0.25) is 9.79 Å². The Bertz CT molecular complexity index is 1230. The van der Waals surface area contributed by atoms with E-state index in [1.54, 1.807) is 0 Å². The van der Waals surface area contributed by atoms with Gasteiger partial charge in [0, 0.05) is 34.7 Å². The molecule has 3 atom stereocenters. The van der Waals surface area contributed by atoms with Crippen molar-refractivity contribution in [2.75, 3.05) is 0 Å². The van der Waals surface area contributed by atoms with E-state index in [0.717, 1.165) is 28.8 Å². The number of benzene rings is 3. The third-order valence-corrected chi connectivity index (χ3v) is 9.74. The number of hydrogen-bond donors (Lipinski definition) is 0. The van der Waals surface area contributed by atoms with Gasteiger partial charge in [0.15, 0.2) is 5.60 Å². The molecule has 5 rings (SSSR count). The third-order valence-electron chi connectivity index (χ3n) is 8.67. The summed E-state index contributed by atoms with van der Waals surface area (Å²) in [7, 11) is 0. The van der Waals surface area contributed by atoms with Crippen molar-refractivity contribution < 1.29 is 9.53 Å². The molecule has 2 aliphatic rings. The van der Waals surface area contributed by atoms with E-state index in [0.29, 0.717) is 5.92 Å². The molecule has 0 amide bonds. The first kappa shape index (κ1) is 24.0. The first-order chi connectivity index (χ1) is 16.7. The number of carbonyl (C=O) groups is 1. The minimum Gasteiger partial charge on any atom is -0.444 e. The van der Waals surface area contributed by atoms with Crippen molar-refractivity contribution in [1.82, 2.24) is 0 Å². The van der Waals surface area contributed by atoms with Crippen molar-refractivity contribution in [2.45, 2.75) is 51.0 Å². The molecule has 35 heavy (non-hydrogen) atoms. The molecule has 0 aliphatic heterocycles. The van der Waals surface area contributed by atoms with E-state index in [4.69, 9.17) is 9.73 Å². The minimum atomic E-state index is -1.12. The Morgan fingerprint density at radius 3 is 1.97 bits per heavy atom. The molecule has 0 aromatic heterocycles. The molecule has 2 saturated carbocycles. The van der Waals surface area contributed by atoms with Crippen LogP contribution in [0.4, 0.5) is 5.69 Å². The zero-order valence-electron chi connectivity index (χ0n) is 20.8. The number of ether oxygens (including phenoxy) is 1. The lowest BCUT2D eigenvalue weighted by molar-refractivity contribution is -0.150. The highest BCUT2D eigenvalue weighted by Crippen LogP contribution is 2.66. The van der Waals surface area contributed by atoms with Crippen LogP contribution < -0.4 is 0 Å². The number of esters is 1. The second kappa shape index (κ2) is 8.74. The van der Waals surface area contributed by atoms with Crippen LogP contribution in [0.3, 0.4) is 0 Å². The van der Waals surface area contributed by atoms with Crippen LogP contribution in [-0.4, -0.2) is 16.5 Å². The molecular weight excluding hydrogens is 498 g/mol. The van der Waals surface area contributed by atoms with E-state index < -0.39 is 5.60 Å². The molecule has 0 saturated heterocycles. The highest BCUT2D eigenvalue weighted by Gasteiger charge is 2.64. The van der Waals surface area contributed by atoms with Crippen molar-refractivity contribution in [2.24, 2.45) is 21.7 Å². The summed E-state index contributed by atoms with van der Waals surface area (Å²) in [6, 6.07) is 28.1. The number of carbonyl (C=O) groups excluding carboxylic acids is 1. The average molecular weight is 531 g/mol. The Kier molecular flexibility index (Phi) is 5.99. The first-order valence-corrected chi connectivity index (χ1v) is 13.3. The summed E-state index contributed by atoms with van der Waals surface area (Å²) in [6.45, 7) is 8.60. The minimum absolute atomic E-state index is 0.0164. The summed E-state index contributed by atoms with van der Waals surface area (Å²) in [5.74, 6) is 0.214. The fourth-order valence-electron chi connectivity index (χ4n) is 6.40. The van der Waals surface area contributed by atoms with Crippen LogP contribution in [0.25, 0.3) is 0 Å². The molecule has 180 valence electrons. The molecule has 2 aliphatic carbocycles. The number of para-hydroxylation sites is 1. The second-order valence-corrected chi connectivity index (χ2v) is 11.6. The van der Waals surface area contributed by atoms with E-state index in [-0.39, 0.29) is 21.6 Å². The van der Waals surface area contributed by atoms with Crippen molar-refractivity contribution in [1.29, 1.82) is 0 Å². The standard InChI is InChI=1S/C31H32BrNO2/c1-21(34)35-31(22-13-7-5-8-14-22,23-15-9-6-10-16-23)24-17-11-12-18-26(24)33-28-27(32)25-19-20-30(28,4)29(25,2)3/h5-18,25,27H,19-20H2,1-4H3/t25-,27+,30-/m1/s1. The van der Waals surface area contributed by atoms with Crippen molar-refractivity contribution in [3.63, 3.8) is 0 Å². The van der Waals surface area contributed by atoms with Gasteiger partial charge in [-0.1, -0.05) is 116 Å². The Morgan fingerprint density at radius 2 is 1.46 bits per heavy atom. The van der Waals surface area contributed by atoms with Gasteiger partial charge in [0.25, 0.3) is 0 Å². The Hall–Kier alpha value is -2.72. The predicted molar refractivity (Wildman–Crippen MR) is 145 cm³/mol. The van der Waals surface area contributed by atoms with Gasteiger partial charge >= 0.3 is 5.97 Å². The number of halogens is 1. The molecule has 0 N–H and O–H groups in total. The van der Waals surface area contributed by atoms with Crippen LogP contribution in [-0.2, 0) is 15.1 Å². The van der Waals surface area contributed by atoms with Crippen LogP contribution in [0.1, 0.15) is 57.2 Å². The van der Waals surface area contributed by atoms with Crippen LogP contribution in [0.15, 0.2) is 89.9 Å². The number of nitrogens with zero attached hydrogens (tertiary/aromatic N) is 1. The summed E-state index contributed by atoms with van der Waals surface area (Å²) in [5.41, 5.74) is 3.75. The fourth-order valence-corrected chi connectivity index (χ4v) is 7.93. The smallest absolute Gasteiger partial charge is 0.304 e. The lowest BCUT2D eigenvalue weighted by Crippen LogP contribution is -2.35. The van der Waals surface area contributed by atoms with Gasteiger partial charge in [0.05, 0.1) is 10.5 Å². The molecule has 2 bridgehead atoms. The normalized spacial score (nSPS) is 26.1. The van der Waals surface area contributed by atoms with Crippen LogP contribution in [0.2, 0.25) is 0 Å². The molecule has 3 aromatic rings. The largest absolute Gasteiger partial charge is 0.444 e. The molecule has 4 heteroatoms. The summed E-state index contributed by atoms with van der Waals surface area (Å²) in [6.07, 6.45) is 2.35. The van der Waals surface area contributed by atoms with E-state index in [1.807, 2.05) is 78.9 Å². The van der Waals surface area contributed by atoms with Gasteiger partial charge in [-0.15, -0.1) is 0 Å². The fraction of sp³-hybridized carbons (Fsp3) is 0.355. The Morgan fingerprint density at radius 1 is 0.914 bits per heavy atom. The lowest BCUT2D eigenvalue weighted by atomic mass is 9.70. The van der Waals surface area contributed by atoms with E-state index in [1.165, 1.54) is 19.1 Å². The SMILES string of the molecule is CC(=O)OC(c1ccccc1)(c1ccccc1)c1ccccc1N=C1[C@@H](Br)[C@H]2CC[C@@]1(C)C2(C)C. The predicted octanol–water partition coefficient (Wildman–Crippen LogP) is 7.83. The van der Waals surface area contributed by atoms with Gasteiger partial charge in [-0.2, -0.15) is 0 Å². The number of hydrogen-bond acceptors (Lipinski definition) is 3. The number of aliphatic imine (C=N–C) groups is 1. The Labute approximate surface area is 216 Å². The van der Waals surface area contributed by atoms with Crippen molar-refractivity contribution in [3.8, 4) is 0 Å². The maximum absolute atomic E-state index is 12.7. The number of rotatable bonds is 5. The van der Waals surface area contributed by atoms with E-state index in [9.17, 15) is 4.79 Å². The Balaban J connectivity index is 1.78. The molecule has 0 radical (unpaired) electrons. The van der Waals surface area contributed by atoms with Gasteiger partial charge < -0.3 is 4.74 Å². The van der Waals surface area contributed by atoms with Crippen LogP contribution in [0, 0.1) is 16.7 Å². The molecular formula is C31H32BrNO2. The van der Waals surface area contributed by atoms with Gasteiger partial charge in [0.2, 0.25) is 0 Å². The zero-order valence-corrected chi connectivity index (χ0v) is 22.4. The first-order valence-electron chi connectivity index (χ1n) is 12.3. The maximum Gasteiger partial charge on any atom is 0.304 e. The molecule has 3 nitrogen and oxygen atoms in total. The molecule has 0 heterocycles. The highest BCUT2D eigenvalue weighted by atomic mass is 79.9. The van der Waals surface area contributed by atoms with Gasteiger partial charge in [-0.25, -0.2) is 0 Å². The molecule has 0 spiro atoms. The molecule has 0 unspecified atom stereocenters. The maximum atomic E-state index is 12.7. The number of fused-ring (bicyclic) bond motifs is 2. The van der Waals surface area contributed by atoms with E-state index in [2.05, 4.69) is 42.8 Å². The summed E-state index contributed by atoms with van der Waals surface area (Å²) in [4.78, 5) is 18.3. The molecule has 3 aromatic carbocycles. The summed E-state index contributed by atoms with van der Waals surface area (Å²) >= 11 is 4.02.